The summed E-state index contributed by atoms with van der Waals surface area (Å²) in [4.78, 5) is 13.8. The van der Waals surface area contributed by atoms with Crippen LogP contribution in [0.15, 0.2) is 12.4 Å². The Hall–Kier alpha value is -1.20. The Labute approximate surface area is 110 Å². The number of hydrogen-bond donors (Lipinski definition) is 1. The first-order valence-corrected chi connectivity index (χ1v) is 7.30. The minimum Gasteiger partial charge on any atom is -0.355 e. The zero-order valence-electron chi connectivity index (χ0n) is 10.4. The van der Waals surface area contributed by atoms with Crippen LogP contribution in [0.4, 0.5) is 5.82 Å². The van der Waals surface area contributed by atoms with Gasteiger partial charge in [0.2, 0.25) is 0 Å². The molecule has 2 saturated heterocycles. The monoisotopic (exact) mass is 260 g/mol. The lowest BCUT2D eigenvalue weighted by molar-refractivity contribution is 0.533. The second-order valence-electron chi connectivity index (χ2n) is 5.36. The van der Waals surface area contributed by atoms with Crippen LogP contribution in [0.3, 0.4) is 0 Å². The van der Waals surface area contributed by atoms with Gasteiger partial charge in [-0.3, -0.25) is 0 Å². The lowest BCUT2D eigenvalue weighted by Crippen LogP contribution is -2.26. The van der Waals surface area contributed by atoms with Gasteiger partial charge >= 0.3 is 0 Å². The molecule has 2 aromatic rings. The lowest BCUT2D eigenvalue weighted by atomic mass is 10.0. The summed E-state index contributed by atoms with van der Waals surface area (Å²) in [5, 5.41) is 4.71. The van der Waals surface area contributed by atoms with Crippen molar-refractivity contribution in [1.82, 2.24) is 15.3 Å². The summed E-state index contributed by atoms with van der Waals surface area (Å²) in [6.45, 7) is 6.74. The Morgan fingerprint density at radius 1 is 1.28 bits per heavy atom. The summed E-state index contributed by atoms with van der Waals surface area (Å²) in [5.41, 5.74) is 0. The molecule has 0 bridgehead atoms. The van der Waals surface area contributed by atoms with E-state index < -0.39 is 0 Å². The average Bonchev–Trinajstić information content (AvgIpc) is 2.98. The molecule has 0 aromatic carbocycles. The Balaban J connectivity index is 1.74. The van der Waals surface area contributed by atoms with Gasteiger partial charge in [0.15, 0.2) is 0 Å². The van der Waals surface area contributed by atoms with E-state index in [9.17, 15) is 0 Å². The van der Waals surface area contributed by atoms with E-state index in [1.807, 2.05) is 0 Å². The highest BCUT2D eigenvalue weighted by atomic mass is 32.1. The predicted molar refractivity (Wildman–Crippen MR) is 74.2 cm³/mol. The first-order valence-electron chi connectivity index (χ1n) is 6.48. The van der Waals surface area contributed by atoms with Gasteiger partial charge in [0.05, 0.1) is 5.39 Å². The highest BCUT2D eigenvalue weighted by Gasteiger charge is 2.37. The molecule has 2 aliphatic heterocycles. The van der Waals surface area contributed by atoms with Gasteiger partial charge in [0.25, 0.3) is 0 Å². The topological polar surface area (TPSA) is 41.0 Å². The number of aromatic nitrogens is 2. The van der Waals surface area contributed by atoms with Crippen molar-refractivity contribution < 1.29 is 0 Å². The number of anilines is 1. The molecule has 4 nitrogen and oxygen atoms in total. The predicted octanol–water partition coefficient (Wildman–Crippen LogP) is 1.66. The normalized spacial score (nSPS) is 27.1. The summed E-state index contributed by atoms with van der Waals surface area (Å²) in [5.74, 6) is 2.74. The third-order valence-corrected chi connectivity index (χ3v) is 5.08. The van der Waals surface area contributed by atoms with E-state index in [1.165, 1.54) is 10.3 Å². The number of fused-ring (bicyclic) bond motifs is 2. The van der Waals surface area contributed by atoms with Crippen molar-refractivity contribution in [3.05, 3.63) is 17.3 Å². The smallest absolute Gasteiger partial charge is 0.140 e. The third-order valence-electron chi connectivity index (χ3n) is 4.12. The highest BCUT2D eigenvalue weighted by molar-refractivity contribution is 7.18. The number of nitrogens with one attached hydrogen (secondary N) is 1. The molecule has 18 heavy (non-hydrogen) atoms. The molecule has 0 radical (unpaired) electrons. The number of hydrogen-bond acceptors (Lipinski definition) is 5. The molecule has 0 spiro atoms. The van der Waals surface area contributed by atoms with Crippen molar-refractivity contribution in [3.63, 3.8) is 0 Å². The maximum absolute atomic E-state index is 4.53. The Kier molecular flexibility index (Phi) is 2.32. The van der Waals surface area contributed by atoms with E-state index in [1.54, 1.807) is 17.7 Å². The fraction of sp³-hybridized carbons (Fsp3) is 0.538. The Morgan fingerprint density at radius 2 is 2.06 bits per heavy atom. The van der Waals surface area contributed by atoms with Crippen molar-refractivity contribution in [2.24, 2.45) is 11.8 Å². The maximum Gasteiger partial charge on any atom is 0.140 e. The van der Waals surface area contributed by atoms with Crippen molar-refractivity contribution >= 4 is 27.4 Å². The fourth-order valence-corrected chi connectivity index (χ4v) is 4.09. The molecular weight excluding hydrogens is 244 g/mol. The fourth-order valence-electron chi connectivity index (χ4n) is 3.24. The molecule has 0 aliphatic carbocycles. The van der Waals surface area contributed by atoms with Crippen LogP contribution in [-0.2, 0) is 0 Å². The molecule has 94 valence electrons. The van der Waals surface area contributed by atoms with Crippen LogP contribution in [0.25, 0.3) is 10.2 Å². The van der Waals surface area contributed by atoms with Crippen LogP contribution >= 0.6 is 11.3 Å². The van der Waals surface area contributed by atoms with Crippen LogP contribution in [0.5, 0.6) is 0 Å². The molecule has 2 aromatic heterocycles. The van der Waals surface area contributed by atoms with E-state index in [0.29, 0.717) is 0 Å². The first kappa shape index (κ1) is 10.7. The minimum atomic E-state index is 0.801. The summed E-state index contributed by atoms with van der Waals surface area (Å²) >= 11 is 1.76. The summed E-state index contributed by atoms with van der Waals surface area (Å²) < 4.78 is 0. The molecule has 0 amide bonds. The number of aryl methyl sites for hydroxylation is 1. The Bertz CT molecular complexity index is 582. The van der Waals surface area contributed by atoms with Gasteiger partial charge in [-0.2, -0.15) is 0 Å². The zero-order valence-corrected chi connectivity index (χ0v) is 11.2. The van der Waals surface area contributed by atoms with Crippen LogP contribution in [0.1, 0.15) is 4.88 Å². The average molecular weight is 260 g/mol. The van der Waals surface area contributed by atoms with Crippen molar-refractivity contribution in [3.8, 4) is 0 Å². The standard InChI is InChI=1S/C13H16N4S/c1-8-2-11-12(15-7-16-13(11)18-8)17-5-9-3-14-4-10(9)6-17/h2,7,9-10,14H,3-6H2,1H3. The quantitative estimate of drug-likeness (QED) is 0.846. The second kappa shape index (κ2) is 3.90. The van der Waals surface area contributed by atoms with Crippen LogP contribution in [0.2, 0.25) is 0 Å². The second-order valence-corrected chi connectivity index (χ2v) is 6.59. The van der Waals surface area contributed by atoms with Gasteiger partial charge in [-0.15, -0.1) is 11.3 Å². The number of thiophene rings is 1. The largest absolute Gasteiger partial charge is 0.355 e. The summed E-state index contributed by atoms with van der Waals surface area (Å²) in [6, 6.07) is 2.22. The number of rotatable bonds is 1. The van der Waals surface area contributed by atoms with Crippen molar-refractivity contribution in [1.29, 1.82) is 0 Å². The van der Waals surface area contributed by atoms with Gasteiger partial charge in [0, 0.05) is 31.1 Å². The highest BCUT2D eigenvalue weighted by Crippen LogP contribution is 2.35. The Morgan fingerprint density at radius 3 is 2.83 bits per heavy atom. The lowest BCUT2D eigenvalue weighted by Gasteiger charge is -2.18. The summed E-state index contributed by atoms with van der Waals surface area (Å²) in [7, 11) is 0. The molecule has 2 aliphatic rings. The van der Waals surface area contributed by atoms with Gasteiger partial charge in [-0.25, -0.2) is 9.97 Å². The van der Waals surface area contributed by atoms with Gasteiger partial charge < -0.3 is 10.2 Å². The molecule has 2 atom stereocenters. The van der Waals surface area contributed by atoms with Crippen LogP contribution in [-0.4, -0.2) is 36.1 Å². The zero-order chi connectivity index (χ0) is 12.1. The molecule has 2 unspecified atom stereocenters. The van der Waals surface area contributed by atoms with E-state index in [2.05, 4.69) is 33.2 Å². The van der Waals surface area contributed by atoms with Gasteiger partial charge in [-0.05, 0) is 24.8 Å². The van der Waals surface area contributed by atoms with E-state index in [4.69, 9.17) is 0 Å². The third kappa shape index (κ3) is 1.54. The van der Waals surface area contributed by atoms with Crippen molar-refractivity contribution in [2.75, 3.05) is 31.1 Å². The molecule has 4 heterocycles. The van der Waals surface area contributed by atoms with Crippen molar-refractivity contribution in [2.45, 2.75) is 6.92 Å². The van der Waals surface area contributed by atoms with E-state index >= 15 is 0 Å². The molecule has 0 saturated carbocycles. The molecular formula is C13H16N4S. The van der Waals surface area contributed by atoms with Crippen LogP contribution < -0.4 is 10.2 Å². The van der Waals surface area contributed by atoms with E-state index in [0.717, 1.165) is 48.7 Å². The van der Waals surface area contributed by atoms with Gasteiger partial charge in [0.1, 0.15) is 17.0 Å². The number of nitrogens with zero attached hydrogens (tertiary/aromatic N) is 3. The molecule has 2 fully saturated rings. The summed E-state index contributed by atoms with van der Waals surface area (Å²) in [6.07, 6.45) is 1.71. The minimum absolute atomic E-state index is 0.801. The van der Waals surface area contributed by atoms with Gasteiger partial charge in [-0.1, -0.05) is 0 Å². The molecule has 4 rings (SSSR count). The van der Waals surface area contributed by atoms with E-state index in [-0.39, 0.29) is 0 Å². The maximum atomic E-state index is 4.53. The molecule has 1 N–H and O–H groups in total. The van der Waals surface area contributed by atoms with Crippen LogP contribution in [0, 0.1) is 18.8 Å². The first-order chi connectivity index (χ1) is 8.81. The molecule has 5 heteroatoms. The SMILES string of the molecule is Cc1cc2c(N3CC4CNCC4C3)ncnc2s1.